The summed E-state index contributed by atoms with van der Waals surface area (Å²) in [6.45, 7) is 4.19. The largest absolute Gasteiger partial charge is 0.496 e. The van der Waals surface area contributed by atoms with E-state index in [0.717, 1.165) is 64.7 Å². The average Bonchev–Trinajstić information content (AvgIpc) is 3.42. The maximum Gasteiger partial charge on any atom is 0.317 e. The van der Waals surface area contributed by atoms with Gasteiger partial charge in [0.1, 0.15) is 23.3 Å². The van der Waals surface area contributed by atoms with Gasteiger partial charge >= 0.3 is 6.03 Å². The number of hydrogen-bond donors (Lipinski definition) is 2. The van der Waals surface area contributed by atoms with Crippen molar-refractivity contribution in [2.75, 3.05) is 47.0 Å². The number of urea groups is 1. The predicted octanol–water partition coefficient (Wildman–Crippen LogP) is 2.99. The highest BCUT2D eigenvalue weighted by molar-refractivity contribution is 6.24. The fourth-order valence-electron chi connectivity index (χ4n) is 7.78. The number of amides is 6. The number of likely N-dealkylation sites (tertiary alicyclic amines) is 1. The summed E-state index contributed by atoms with van der Waals surface area (Å²) >= 11 is 0. The molecule has 2 saturated heterocycles. The van der Waals surface area contributed by atoms with E-state index in [9.17, 15) is 28.8 Å². The number of carbonyl (C=O) groups excluding carboxylic acids is 5. The molecule has 290 valence electrons. The maximum absolute atomic E-state index is 13.4. The van der Waals surface area contributed by atoms with Gasteiger partial charge in [-0.25, -0.2) is 4.79 Å². The molecule has 0 aliphatic carbocycles. The lowest BCUT2D eigenvalue weighted by molar-refractivity contribution is -0.136. The van der Waals surface area contributed by atoms with Gasteiger partial charge in [-0.2, -0.15) is 0 Å². The van der Waals surface area contributed by atoms with Crippen molar-refractivity contribution in [2.24, 2.45) is 7.05 Å². The van der Waals surface area contributed by atoms with Gasteiger partial charge in [0.2, 0.25) is 11.8 Å². The summed E-state index contributed by atoms with van der Waals surface area (Å²) in [6, 6.07) is 7.49. The van der Waals surface area contributed by atoms with Gasteiger partial charge in [0.05, 0.1) is 44.1 Å². The second kappa shape index (κ2) is 16.0. The lowest BCUT2D eigenvalue weighted by Crippen LogP contribution is -2.54. The molecule has 3 aromatic rings. The molecule has 1 atom stereocenters. The summed E-state index contributed by atoms with van der Waals surface area (Å²) in [7, 11) is 5.03. The van der Waals surface area contributed by atoms with Gasteiger partial charge in [-0.1, -0.05) is 6.07 Å². The molecule has 0 saturated carbocycles. The minimum Gasteiger partial charge on any atom is -0.496 e. The van der Waals surface area contributed by atoms with Crippen LogP contribution in [0, 0.1) is 0 Å². The molecule has 2 fully saturated rings. The van der Waals surface area contributed by atoms with Crippen LogP contribution in [0.3, 0.4) is 0 Å². The molecule has 55 heavy (non-hydrogen) atoms. The zero-order chi connectivity index (χ0) is 38.8. The number of nitrogens with zero attached hydrogens (tertiary/aromatic N) is 4. The Hall–Kier alpha value is -5.70. The van der Waals surface area contributed by atoms with Crippen LogP contribution in [0.25, 0.3) is 11.1 Å². The van der Waals surface area contributed by atoms with Gasteiger partial charge in [-0.15, -0.1) is 0 Å². The standard InChI is InChI=1S/C40H46N6O9/c1-43-21-27(24-19-32(53-2)29(33(20-24)54-3)22-44-15-8-16-44)25-13-17-45(23-28(25)37(43)49)40(52)41-14-5-4-6-18-55-31-10-7-9-26-35(31)39(51)46(38(26)50)30-11-12-34(47)42-36(30)48/h7,9-10,19-21,30H,4-6,8,11-18,22-23H2,1-3H3,(H,41,52)(H,42,47,48). The Morgan fingerprint density at radius 3 is 2.35 bits per heavy atom. The number of aryl methyl sites for hydroxylation is 1. The fourth-order valence-corrected chi connectivity index (χ4v) is 7.78. The molecule has 0 spiro atoms. The molecule has 2 N–H and O–H groups in total. The Labute approximate surface area is 318 Å². The maximum atomic E-state index is 13.4. The van der Waals surface area contributed by atoms with Crippen molar-refractivity contribution in [2.45, 2.75) is 64.1 Å². The van der Waals surface area contributed by atoms with Crippen molar-refractivity contribution in [3.63, 3.8) is 0 Å². The van der Waals surface area contributed by atoms with Crippen LogP contribution >= 0.6 is 0 Å². The molecule has 15 heteroatoms. The number of ether oxygens (including phenoxy) is 3. The minimum absolute atomic E-state index is 0.0433. The van der Waals surface area contributed by atoms with Crippen molar-refractivity contribution >= 4 is 29.7 Å². The normalized spacial score (nSPS) is 18.1. The molecule has 7 rings (SSSR count). The van der Waals surface area contributed by atoms with Crippen molar-refractivity contribution in [3.05, 3.63) is 74.7 Å². The average molecular weight is 755 g/mol. The summed E-state index contributed by atoms with van der Waals surface area (Å²) in [4.78, 5) is 81.9. The van der Waals surface area contributed by atoms with Crippen LogP contribution in [-0.2, 0) is 36.1 Å². The van der Waals surface area contributed by atoms with Crippen LogP contribution in [0.2, 0.25) is 0 Å². The van der Waals surface area contributed by atoms with E-state index >= 15 is 0 Å². The number of carbonyl (C=O) groups is 5. The fraction of sp³-hybridized carbons (Fsp3) is 0.450. The van der Waals surface area contributed by atoms with Crippen LogP contribution < -0.4 is 30.4 Å². The number of nitrogens with one attached hydrogen (secondary N) is 2. The first kappa shape index (κ1) is 37.6. The number of rotatable bonds is 13. The first-order chi connectivity index (χ1) is 26.6. The van der Waals surface area contributed by atoms with E-state index in [1.807, 2.05) is 18.3 Å². The van der Waals surface area contributed by atoms with Gasteiger partial charge in [0.15, 0.2) is 0 Å². The summed E-state index contributed by atoms with van der Waals surface area (Å²) in [5.74, 6) is -0.566. The predicted molar refractivity (Wildman–Crippen MR) is 200 cm³/mol. The number of aromatic nitrogens is 1. The lowest BCUT2D eigenvalue weighted by Gasteiger charge is -2.32. The van der Waals surface area contributed by atoms with Gasteiger partial charge in [0.25, 0.3) is 17.4 Å². The van der Waals surface area contributed by atoms with Crippen LogP contribution in [0.4, 0.5) is 4.79 Å². The molecule has 0 bridgehead atoms. The number of pyridine rings is 1. The number of piperidine rings is 1. The molecule has 2 aromatic carbocycles. The molecule has 1 unspecified atom stereocenters. The van der Waals surface area contributed by atoms with Gasteiger partial charge in [-0.3, -0.25) is 39.1 Å². The number of benzene rings is 2. The number of methoxy groups -OCH3 is 2. The van der Waals surface area contributed by atoms with Gasteiger partial charge in [0, 0.05) is 50.4 Å². The molecular weight excluding hydrogens is 708 g/mol. The molecule has 15 nitrogen and oxygen atoms in total. The van der Waals surface area contributed by atoms with E-state index in [0.29, 0.717) is 37.9 Å². The Morgan fingerprint density at radius 2 is 1.65 bits per heavy atom. The number of fused-ring (bicyclic) bond motifs is 2. The van der Waals surface area contributed by atoms with Crippen LogP contribution in [0.1, 0.15) is 75.9 Å². The molecule has 4 aliphatic heterocycles. The van der Waals surface area contributed by atoms with Crippen molar-refractivity contribution in [3.8, 4) is 28.4 Å². The van der Waals surface area contributed by atoms with Crippen molar-refractivity contribution < 1.29 is 38.2 Å². The quantitative estimate of drug-likeness (QED) is 0.196. The number of unbranched alkanes of at least 4 members (excludes halogenated alkanes) is 2. The SMILES string of the molecule is COc1cc(-c2cn(C)c(=O)c3c2CCN(C(=O)NCCCCCOc2cccc4c2C(=O)N(C2CCC(=O)NC2=O)C4=O)C3)cc(OC)c1CN1CCC1. The van der Waals surface area contributed by atoms with E-state index in [-0.39, 0.29) is 54.5 Å². The molecule has 4 aliphatic rings. The second-order valence-electron chi connectivity index (χ2n) is 14.3. The summed E-state index contributed by atoms with van der Waals surface area (Å²) in [5.41, 5.74) is 4.45. The zero-order valence-electron chi connectivity index (χ0n) is 31.4. The highest BCUT2D eigenvalue weighted by atomic mass is 16.5. The minimum atomic E-state index is -1.05. The van der Waals surface area contributed by atoms with Crippen molar-refractivity contribution in [1.82, 2.24) is 29.9 Å². The third-order valence-corrected chi connectivity index (χ3v) is 10.9. The van der Waals surface area contributed by atoms with E-state index in [4.69, 9.17) is 14.2 Å². The third-order valence-electron chi connectivity index (χ3n) is 10.9. The van der Waals surface area contributed by atoms with E-state index < -0.39 is 29.7 Å². The topological polar surface area (TPSA) is 169 Å². The summed E-state index contributed by atoms with van der Waals surface area (Å²) in [5, 5.41) is 5.18. The van der Waals surface area contributed by atoms with Gasteiger partial charge in [-0.05, 0) is 87.0 Å². The second-order valence-corrected chi connectivity index (χ2v) is 14.3. The van der Waals surface area contributed by atoms with Crippen molar-refractivity contribution in [1.29, 1.82) is 0 Å². The first-order valence-electron chi connectivity index (χ1n) is 18.8. The molecule has 1 aromatic heterocycles. The third kappa shape index (κ3) is 7.40. The number of hydrogen-bond acceptors (Lipinski definition) is 10. The highest BCUT2D eigenvalue weighted by Crippen LogP contribution is 2.39. The Bertz CT molecular complexity index is 2080. The summed E-state index contributed by atoms with van der Waals surface area (Å²) < 4.78 is 19.1. The van der Waals surface area contributed by atoms with Crippen LogP contribution in [0.15, 0.2) is 41.3 Å². The van der Waals surface area contributed by atoms with Crippen LogP contribution in [0.5, 0.6) is 17.2 Å². The van der Waals surface area contributed by atoms with Crippen LogP contribution in [-0.4, -0.2) is 102 Å². The van der Waals surface area contributed by atoms with Gasteiger partial charge < -0.3 is 29.0 Å². The smallest absolute Gasteiger partial charge is 0.317 e. The first-order valence-corrected chi connectivity index (χ1v) is 18.8. The molecule has 0 radical (unpaired) electrons. The molecule has 6 amide bonds. The van der Waals surface area contributed by atoms with E-state index in [2.05, 4.69) is 15.5 Å². The lowest BCUT2D eigenvalue weighted by atomic mass is 9.91. The zero-order valence-corrected chi connectivity index (χ0v) is 31.4. The molecule has 5 heterocycles. The monoisotopic (exact) mass is 754 g/mol. The Balaban J connectivity index is 0.917. The summed E-state index contributed by atoms with van der Waals surface area (Å²) in [6.07, 6.45) is 5.70. The number of imide groups is 2. The van der Waals surface area contributed by atoms with E-state index in [1.54, 1.807) is 42.9 Å². The Kier molecular flexibility index (Phi) is 10.9. The van der Waals surface area contributed by atoms with E-state index in [1.165, 1.54) is 12.5 Å². The Morgan fingerprint density at radius 1 is 0.891 bits per heavy atom. The highest BCUT2D eigenvalue weighted by Gasteiger charge is 2.46. The molecular formula is C40H46N6O9.